The van der Waals surface area contributed by atoms with Crippen molar-refractivity contribution in [2.45, 2.75) is 6.42 Å². The van der Waals surface area contributed by atoms with E-state index in [-0.39, 0.29) is 35.5 Å². The number of amides is 2. The van der Waals surface area contributed by atoms with Crippen molar-refractivity contribution in [1.82, 2.24) is 4.90 Å². The van der Waals surface area contributed by atoms with Gasteiger partial charge in [0.2, 0.25) is 11.8 Å². The standard InChI is InChI=1S/C13H13NO4/c15-9(16)4-14-12(17)10-5-1-2-6(8-3-7(5)8)11(10)13(14)18/h1-2,5-8,10-11H,3-4H2,(H,15,16)/t5-,6-,7-,8+,10-,11+/m1/s1. The number of allylic oxidation sites excluding steroid dienone is 2. The number of carboxylic acids is 1. The number of imide groups is 1. The summed E-state index contributed by atoms with van der Waals surface area (Å²) in [5, 5.41) is 8.79. The molecule has 5 heteroatoms. The molecule has 0 spiro atoms. The van der Waals surface area contributed by atoms with Crippen molar-refractivity contribution >= 4 is 17.8 Å². The van der Waals surface area contributed by atoms with Crippen LogP contribution in [0.1, 0.15) is 6.42 Å². The van der Waals surface area contributed by atoms with Crippen molar-refractivity contribution in [1.29, 1.82) is 0 Å². The summed E-state index contributed by atoms with van der Waals surface area (Å²) >= 11 is 0. The van der Waals surface area contributed by atoms with Crippen LogP contribution in [0.15, 0.2) is 12.2 Å². The minimum atomic E-state index is -1.12. The summed E-state index contributed by atoms with van der Waals surface area (Å²) < 4.78 is 0. The van der Waals surface area contributed by atoms with Gasteiger partial charge in [-0.05, 0) is 30.1 Å². The summed E-state index contributed by atoms with van der Waals surface area (Å²) in [7, 11) is 0. The highest BCUT2D eigenvalue weighted by atomic mass is 16.4. The third kappa shape index (κ3) is 1.05. The van der Waals surface area contributed by atoms with E-state index in [1.54, 1.807) is 0 Å². The number of hydrogen-bond acceptors (Lipinski definition) is 3. The molecule has 5 aliphatic rings. The number of carboxylic acid groups (broad SMARTS) is 1. The molecule has 4 aliphatic carbocycles. The van der Waals surface area contributed by atoms with Gasteiger partial charge in [-0.3, -0.25) is 19.3 Å². The van der Waals surface area contributed by atoms with E-state index in [0.29, 0.717) is 11.8 Å². The normalized spacial score (nSPS) is 47.2. The third-order valence-electron chi connectivity index (χ3n) is 5.05. The minimum absolute atomic E-state index is 0.167. The van der Waals surface area contributed by atoms with Gasteiger partial charge in [0.05, 0.1) is 11.8 Å². The molecular formula is C13H13NO4. The second-order valence-corrected chi connectivity index (χ2v) is 5.81. The van der Waals surface area contributed by atoms with Crippen molar-refractivity contribution in [3.05, 3.63) is 12.2 Å². The van der Waals surface area contributed by atoms with E-state index in [4.69, 9.17) is 5.11 Å². The van der Waals surface area contributed by atoms with Crippen LogP contribution >= 0.6 is 0 Å². The van der Waals surface area contributed by atoms with E-state index in [0.717, 1.165) is 11.3 Å². The largest absolute Gasteiger partial charge is 0.480 e. The minimum Gasteiger partial charge on any atom is -0.480 e. The Bertz CT molecular complexity index is 475. The molecule has 1 N–H and O–H groups in total. The average Bonchev–Trinajstić information content (AvgIpc) is 3.11. The fourth-order valence-electron chi connectivity index (χ4n) is 4.31. The average molecular weight is 247 g/mol. The van der Waals surface area contributed by atoms with Gasteiger partial charge in [0.15, 0.2) is 0 Å². The van der Waals surface area contributed by atoms with Crippen molar-refractivity contribution < 1.29 is 19.5 Å². The van der Waals surface area contributed by atoms with Crippen LogP contribution in [0, 0.1) is 35.5 Å². The highest BCUT2D eigenvalue weighted by Gasteiger charge is 2.67. The van der Waals surface area contributed by atoms with Crippen LogP contribution in [0.4, 0.5) is 0 Å². The maximum absolute atomic E-state index is 12.2. The summed E-state index contributed by atoms with van der Waals surface area (Å²) in [6.45, 7) is -0.487. The van der Waals surface area contributed by atoms with Crippen molar-refractivity contribution in [2.75, 3.05) is 6.54 Å². The fraction of sp³-hybridized carbons (Fsp3) is 0.615. The molecule has 6 atom stereocenters. The molecule has 0 aromatic carbocycles. The lowest BCUT2D eigenvalue weighted by Crippen LogP contribution is -2.40. The SMILES string of the molecule is O=C(O)CN1C(=O)[C@@H]2[C@@H]3C=C[C@H]([C@@H]4C[C@H]34)[C@@H]2C1=O. The van der Waals surface area contributed by atoms with E-state index >= 15 is 0 Å². The molecule has 2 bridgehead atoms. The molecule has 1 saturated heterocycles. The molecule has 94 valence electrons. The first-order valence-electron chi connectivity index (χ1n) is 6.35. The van der Waals surface area contributed by atoms with Crippen LogP contribution < -0.4 is 0 Å². The maximum atomic E-state index is 12.2. The van der Waals surface area contributed by atoms with Crippen molar-refractivity contribution in [3.8, 4) is 0 Å². The van der Waals surface area contributed by atoms with Gasteiger partial charge in [-0.1, -0.05) is 12.2 Å². The number of carbonyl (C=O) groups is 3. The molecule has 3 fully saturated rings. The molecule has 2 amide bonds. The van der Waals surface area contributed by atoms with Crippen molar-refractivity contribution in [3.63, 3.8) is 0 Å². The molecule has 1 aliphatic heterocycles. The number of likely N-dealkylation sites (tertiary alicyclic amines) is 1. The Morgan fingerprint density at radius 2 is 1.67 bits per heavy atom. The van der Waals surface area contributed by atoms with Gasteiger partial charge in [0.25, 0.3) is 0 Å². The van der Waals surface area contributed by atoms with Crippen LogP contribution in [0.2, 0.25) is 0 Å². The number of aliphatic carboxylic acids is 1. The Labute approximate surface area is 103 Å². The summed E-state index contributed by atoms with van der Waals surface area (Å²) in [5.41, 5.74) is 0. The third-order valence-corrected chi connectivity index (χ3v) is 5.05. The zero-order valence-electron chi connectivity index (χ0n) is 9.65. The lowest BCUT2D eigenvalue weighted by Gasteiger charge is -2.37. The number of rotatable bonds is 2. The topological polar surface area (TPSA) is 74.7 Å². The molecule has 1 heterocycles. The number of hydrogen-bond donors (Lipinski definition) is 1. The second kappa shape index (κ2) is 3.02. The number of nitrogens with zero attached hydrogens (tertiary/aromatic N) is 1. The first-order valence-corrected chi connectivity index (χ1v) is 6.35. The predicted octanol–water partition coefficient (Wildman–Crippen LogP) is 0.124. The Morgan fingerprint density at radius 3 is 2.11 bits per heavy atom. The van der Waals surface area contributed by atoms with Gasteiger partial charge in [0.1, 0.15) is 6.54 Å². The molecule has 0 radical (unpaired) electrons. The van der Waals surface area contributed by atoms with Crippen LogP contribution in [0.25, 0.3) is 0 Å². The Balaban J connectivity index is 1.72. The predicted molar refractivity (Wildman–Crippen MR) is 59.1 cm³/mol. The monoisotopic (exact) mass is 247 g/mol. The molecular weight excluding hydrogens is 234 g/mol. The van der Waals surface area contributed by atoms with Crippen LogP contribution in [0.5, 0.6) is 0 Å². The lowest BCUT2D eigenvalue weighted by atomic mass is 9.63. The van der Waals surface area contributed by atoms with Gasteiger partial charge in [0, 0.05) is 0 Å². The zero-order valence-corrected chi connectivity index (χ0v) is 9.65. The first kappa shape index (κ1) is 10.3. The molecule has 0 aromatic rings. The van der Waals surface area contributed by atoms with Gasteiger partial charge in [-0.2, -0.15) is 0 Å². The van der Waals surface area contributed by atoms with Gasteiger partial charge >= 0.3 is 5.97 Å². The molecule has 0 aromatic heterocycles. The smallest absolute Gasteiger partial charge is 0.323 e. The fourth-order valence-corrected chi connectivity index (χ4v) is 4.31. The summed E-state index contributed by atoms with van der Waals surface area (Å²) in [6.07, 6.45) is 5.28. The Hall–Kier alpha value is -1.65. The van der Waals surface area contributed by atoms with E-state index in [9.17, 15) is 14.4 Å². The van der Waals surface area contributed by atoms with Gasteiger partial charge < -0.3 is 5.11 Å². The second-order valence-electron chi connectivity index (χ2n) is 5.81. The van der Waals surface area contributed by atoms with Crippen LogP contribution in [-0.4, -0.2) is 34.3 Å². The molecule has 5 rings (SSSR count). The first-order chi connectivity index (χ1) is 8.59. The highest BCUT2D eigenvalue weighted by Crippen LogP contribution is 2.65. The zero-order chi connectivity index (χ0) is 12.6. The molecule has 18 heavy (non-hydrogen) atoms. The molecule has 5 nitrogen and oxygen atoms in total. The highest BCUT2D eigenvalue weighted by molar-refractivity contribution is 6.07. The molecule has 2 saturated carbocycles. The van der Waals surface area contributed by atoms with Gasteiger partial charge in [-0.25, -0.2) is 0 Å². The summed E-state index contributed by atoms with van der Waals surface area (Å²) in [6, 6.07) is 0. The Morgan fingerprint density at radius 1 is 1.17 bits per heavy atom. The lowest BCUT2D eigenvalue weighted by molar-refractivity contribution is -0.149. The Kier molecular flexibility index (Phi) is 1.73. The molecule has 0 unspecified atom stereocenters. The van der Waals surface area contributed by atoms with Crippen molar-refractivity contribution in [2.24, 2.45) is 35.5 Å². The summed E-state index contributed by atoms with van der Waals surface area (Å²) in [5.74, 6) is -0.771. The van der Waals surface area contributed by atoms with E-state index in [2.05, 4.69) is 12.2 Å². The van der Waals surface area contributed by atoms with Crippen LogP contribution in [0.3, 0.4) is 0 Å². The quantitative estimate of drug-likeness (QED) is 0.555. The van der Waals surface area contributed by atoms with Gasteiger partial charge in [-0.15, -0.1) is 0 Å². The number of carbonyl (C=O) groups excluding carboxylic acids is 2. The summed E-state index contributed by atoms with van der Waals surface area (Å²) in [4.78, 5) is 36.2. The van der Waals surface area contributed by atoms with E-state index in [1.807, 2.05) is 0 Å². The van der Waals surface area contributed by atoms with E-state index < -0.39 is 12.5 Å². The van der Waals surface area contributed by atoms with Crippen LogP contribution in [-0.2, 0) is 14.4 Å². The van der Waals surface area contributed by atoms with E-state index in [1.165, 1.54) is 0 Å². The maximum Gasteiger partial charge on any atom is 0.323 e.